The molecule has 5 rings (SSSR count). The summed E-state index contributed by atoms with van der Waals surface area (Å²) in [5.74, 6) is 0.292. The van der Waals surface area contributed by atoms with Crippen molar-refractivity contribution in [3.63, 3.8) is 0 Å². The Morgan fingerprint density at radius 1 is 0.872 bits per heavy atom. The zero-order chi connectivity index (χ0) is 27.6. The third-order valence-corrected chi connectivity index (χ3v) is 7.92. The Morgan fingerprint density at radius 2 is 1.46 bits per heavy atom. The smallest absolute Gasteiger partial charge is 0.270 e. The molecule has 5 aromatic rings. The SMILES string of the molecule is COc1ccccc1NS(=O)(=O)c1cc([N+](=O)[O-])ccc1N/N=C\c1c2ccccc2c(Cl)c2ccccc12. The lowest BCUT2D eigenvalue weighted by atomic mass is 9.97. The average Bonchev–Trinajstić information content (AvgIpc) is 2.95. The monoisotopic (exact) mass is 560 g/mol. The van der Waals surface area contributed by atoms with Gasteiger partial charge in [0.2, 0.25) is 0 Å². The molecule has 0 aliphatic rings. The van der Waals surface area contributed by atoms with Crippen LogP contribution in [0.2, 0.25) is 5.02 Å². The summed E-state index contributed by atoms with van der Waals surface area (Å²) in [5.41, 5.74) is 3.37. The van der Waals surface area contributed by atoms with Gasteiger partial charge in [-0.05, 0) is 29.0 Å². The fourth-order valence-corrected chi connectivity index (χ4v) is 5.86. The molecule has 196 valence electrons. The molecule has 0 aliphatic heterocycles. The zero-order valence-corrected chi connectivity index (χ0v) is 22.0. The summed E-state index contributed by atoms with van der Waals surface area (Å²) in [7, 11) is -2.88. The minimum Gasteiger partial charge on any atom is -0.495 e. The van der Waals surface area contributed by atoms with E-state index in [2.05, 4.69) is 15.2 Å². The number of non-ortho nitro benzene ring substituents is 1. The van der Waals surface area contributed by atoms with E-state index in [-0.39, 0.29) is 22.0 Å². The van der Waals surface area contributed by atoms with Crippen LogP contribution < -0.4 is 14.9 Å². The van der Waals surface area contributed by atoms with Gasteiger partial charge in [0.05, 0.1) is 34.6 Å². The van der Waals surface area contributed by atoms with Crippen molar-refractivity contribution in [2.24, 2.45) is 5.10 Å². The van der Waals surface area contributed by atoms with E-state index in [4.69, 9.17) is 16.3 Å². The number of nitrogens with zero attached hydrogens (tertiary/aromatic N) is 2. The van der Waals surface area contributed by atoms with Gasteiger partial charge in [0.1, 0.15) is 10.6 Å². The van der Waals surface area contributed by atoms with Gasteiger partial charge in [-0.2, -0.15) is 5.10 Å². The molecule has 0 bridgehead atoms. The number of benzene rings is 5. The molecule has 9 nitrogen and oxygen atoms in total. The molecule has 11 heteroatoms. The molecule has 39 heavy (non-hydrogen) atoms. The van der Waals surface area contributed by atoms with Crippen LogP contribution in [0.15, 0.2) is 101 Å². The van der Waals surface area contributed by atoms with E-state index < -0.39 is 14.9 Å². The number of nitro benzene ring substituents is 1. The molecule has 0 unspecified atom stereocenters. The van der Waals surface area contributed by atoms with Crippen LogP contribution in [-0.4, -0.2) is 26.7 Å². The van der Waals surface area contributed by atoms with Crippen molar-refractivity contribution < 1.29 is 18.1 Å². The van der Waals surface area contributed by atoms with Crippen LogP contribution in [0, 0.1) is 10.1 Å². The third kappa shape index (κ3) is 5.07. The van der Waals surface area contributed by atoms with Gasteiger partial charge < -0.3 is 4.74 Å². The number of halogens is 1. The first-order chi connectivity index (χ1) is 18.8. The summed E-state index contributed by atoms with van der Waals surface area (Å²) in [6, 6.07) is 25.2. The molecule has 0 aromatic heterocycles. The van der Waals surface area contributed by atoms with E-state index in [9.17, 15) is 18.5 Å². The Balaban J connectivity index is 1.57. The van der Waals surface area contributed by atoms with Gasteiger partial charge >= 0.3 is 0 Å². The average molecular weight is 561 g/mol. The first kappa shape index (κ1) is 26.0. The van der Waals surface area contributed by atoms with Crippen molar-refractivity contribution in [3.05, 3.63) is 112 Å². The highest BCUT2D eigenvalue weighted by Crippen LogP contribution is 2.36. The van der Waals surface area contributed by atoms with Crippen molar-refractivity contribution in [2.45, 2.75) is 4.90 Å². The van der Waals surface area contributed by atoms with Crippen LogP contribution in [-0.2, 0) is 10.0 Å². The van der Waals surface area contributed by atoms with Gasteiger partial charge in [-0.1, -0.05) is 72.3 Å². The van der Waals surface area contributed by atoms with Crippen LogP contribution in [0.5, 0.6) is 5.75 Å². The van der Waals surface area contributed by atoms with Gasteiger partial charge in [0.25, 0.3) is 15.7 Å². The second kappa shape index (κ2) is 10.6. The summed E-state index contributed by atoms with van der Waals surface area (Å²) in [4.78, 5) is 10.4. The summed E-state index contributed by atoms with van der Waals surface area (Å²) in [6.45, 7) is 0. The number of methoxy groups -OCH3 is 1. The fourth-order valence-electron chi connectivity index (χ4n) is 4.28. The number of sulfonamides is 1. The standard InChI is InChI=1S/C28H21ClN4O5S/c1-38-26-13-7-6-12-24(26)32-39(36,37)27-16-18(33(34)35)14-15-25(27)31-30-17-23-19-8-2-4-10-21(19)28(29)22-11-5-3-9-20(22)23/h2-17,31-32H,1H3/b30-17-. The molecular weight excluding hydrogens is 540 g/mol. The summed E-state index contributed by atoms with van der Waals surface area (Å²) < 4.78 is 34.4. The molecule has 0 fully saturated rings. The normalized spacial score (nSPS) is 11.6. The molecule has 0 spiro atoms. The topological polar surface area (TPSA) is 123 Å². The molecule has 0 saturated carbocycles. The minimum absolute atomic E-state index is 0.0434. The molecule has 0 heterocycles. The molecule has 0 saturated heterocycles. The fraction of sp³-hybridized carbons (Fsp3) is 0.0357. The number of hydrogen-bond acceptors (Lipinski definition) is 7. The number of nitro groups is 1. The maximum Gasteiger partial charge on any atom is 0.270 e. The van der Waals surface area contributed by atoms with E-state index in [1.54, 1.807) is 24.4 Å². The van der Waals surface area contributed by atoms with E-state index in [1.165, 1.54) is 25.3 Å². The van der Waals surface area contributed by atoms with E-state index in [0.717, 1.165) is 33.2 Å². The Labute approximate surface area is 228 Å². The second-order valence-corrected chi connectivity index (χ2v) is 10.5. The Bertz CT molecular complexity index is 1820. The summed E-state index contributed by atoms with van der Waals surface area (Å²) in [6.07, 6.45) is 1.58. The number of hydrazone groups is 1. The highest BCUT2D eigenvalue weighted by molar-refractivity contribution is 7.93. The van der Waals surface area contributed by atoms with Gasteiger partial charge in [-0.25, -0.2) is 8.42 Å². The summed E-state index contributed by atoms with van der Waals surface area (Å²) in [5, 5.41) is 19.8. The van der Waals surface area contributed by atoms with Crippen molar-refractivity contribution >= 4 is 66.4 Å². The highest BCUT2D eigenvalue weighted by Gasteiger charge is 2.24. The molecule has 0 radical (unpaired) electrons. The van der Waals surface area contributed by atoms with Gasteiger partial charge in [-0.15, -0.1) is 0 Å². The van der Waals surface area contributed by atoms with E-state index in [1.807, 2.05) is 48.5 Å². The molecule has 2 N–H and O–H groups in total. The van der Waals surface area contributed by atoms with Crippen molar-refractivity contribution in [3.8, 4) is 5.75 Å². The quantitative estimate of drug-likeness (QED) is 0.0930. The van der Waals surface area contributed by atoms with Gasteiger partial charge in [0.15, 0.2) is 0 Å². The number of anilines is 2. The van der Waals surface area contributed by atoms with Crippen molar-refractivity contribution in [1.29, 1.82) is 0 Å². The largest absolute Gasteiger partial charge is 0.495 e. The number of rotatable bonds is 8. The Morgan fingerprint density at radius 3 is 2.08 bits per heavy atom. The molecule has 0 aliphatic carbocycles. The van der Waals surface area contributed by atoms with E-state index >= 15 is 0 Å². The Kier molecular flexibility index (Phi) is 7.05. The van der Waals surface area contributed by atoms with Crippen molar-refractivity contribution in [1.82, 2.24) is 0 Å². The number of hydrogen-bond donors (Lipinski definition) is 2. The molecular formula is C28H21ClN4O5S. The lowest BCUT2D eigenvalue weighted by Crippen LogP contribution is -2.15. The zero-order valence-electron chi connectivity index (χ0n) is 20.5. The first-order valence-electron chi connectivity index (χ1n) is 11.6. The maximum absolute atomic E-state index is 13.4. The predicted molar refractivity (Wildman–Crippen MR) is 155 cm³/mol. The lowest BCUT2D eigenvalue weighted by molar-refractivity contribution is -0.385. The molecule has 5 aromatic carbocycles. The second-order valence-electron chi connectivity index (χ2n) is 8.43. The number of nitrogens with one attached hydrogen (secondary N) is 2. The maximum atomic E-state index is 13.4. The number of para-hydroxylation sites is 2. The number of fused-ring (bicyclic) bond motifs is 2. The third-order valence-electron chi connectivity index (χ3n) is 6.10. The number of ether oxygens (including phenoxy) is 1. The van der Waals surface area contributed by atoms with Crippen molar-refractivity contribution in [2.75, 3.05) is 17.3 Å². The highest BCUT2D eigenvalue weighted by atomic mass is 35.5. The van der Waals surface area contributed by atoms with Crippen LogP contribution in [0.3, 0.4) is 0 Å². The van der Waals surface area contributed by atoms with Gasteiger partial charge in [-0.3, -0.25) is 20.3 Å². The lowest BCUT2D eigenvalue weighted by Gasteiger charge is -2.14. The van der Waals surface area contributed by atoms with E-state index in [0.29, 0.717) is 10.8 Å². The Hall–Kier alpha value is -4.67. The minimum atomic E-state index is -4.29. The first-order valence-corrected chi connectivity index (χ1v) is 13.5. The predicted octanol–water partition coefficient (Wildman–Crippen LogP) is 6.81. The van der Waals surface area contributed by atoms with Crippen LogP contribution in [0.1, 0.15) is 5.56 Å². The summed E-state index contributed by atoms with van der Waals surface area (Å²) >= 11 is 6.68. The molecule has 0 atom stereocenters. The van der Waals surface area contributed by atoms with Crippen LogP contribution in [0.25, 0.3) is 21.5 Å². The van der Waals surface area contributed by atoms with Crippen LogP contribution >= 0.6 is 11.6 Å². The molecule has 0 amide bonds. The van der Waals surface area contributed by atoms with Crippen LogP contribution in [0.4, 0.5) is 17.1 Å². The van der Waals surface area contributed by atoms with Gasteiger partial charge in [0, 0.05) is 28.5 Å².